The summed E-state index contributed by atoms with van der Waals surface area (Å²) in [6, 6.07) is 6.69. The smallest absolute Gasteiger partial charge is 0.189 e. The van der Waals surface area contributed by atoms with Gasteiger partial charge in [0.2, 0.25) is 0 Å². The van der Waals surface area contributed by atoms with Crippen LogP contribution in [0.1, 0.15) is 15.9 Å². The molecule has 0 heterocycles. The number of rotatable bonds is 9. The Balaban J connectivity index is 2.49. The molecule has 150 valence electrons. The molecule has 0 radical (unpaired) electrons. The van der Waals surface area contributed by atoms with E-state index in [1.807, 2.05) is 0 Å². The van der Waals surface area contributed by atoms with Crippen molar-refractivity contribution in [3.63, 3.8) is 0 Å². The molecule has 0 aliphatic rings. The number of ketones is 1. The zero-order valence-electron chi connectivity index (χ0n) is 16.8. The maximum Gasteiger partial charge on any atom is 0.189 e. The van der Waals surface area contributed by atoms with Crippen LogP contribution in [0.25, 0.3) is 6.08 Å². The fraction of sp³-hybridized carbons (Fsp3) is 0.286. The van der Waals surface area contributed by atoms with Gasteiger partial charge >= 0.3 is 0 Å². The van der Waals surface area contributed by atoms with Gasteiger partial charge in [-0.15, -0.1) is 0 Å². The normalized spacial score (nSPS) is 10.5. The van der Waals surface area contributed by atoms with E-state index in [-0.39, 0.29) is 5.78 Å². The van der Waals surface area contributed by atoms with E-state index in [4.69, 9.17) is 28.4 Å². The van der Waals surface area contributed by atoms with Crippen LogP contribution in [0.5, 0.6) is 34.5 Å². The molecule has 0 saturated heterocycles. The van der Waals surface area contributed by atoms with Crippen LogP contribution in [0.4, 0.5) is 0 Å². The SMILES string of the molecule is COc1cc(/C=C/C(=O)c2cc(OC)cc(OC)c2OC)c(OC)c(OC)c1. The maximum atomic E-state index is 12.9. The number of carbonyl (C=O) groups is 1. The second-order valence-electron chi connectivity index (χ2n) is 5.56. The summed E-state index contributed by atoms with van der Waals surface area (Å²) in [5.74, 6) is 2.47. The molecule has 7 nitrogen and oxygen atoms in total. The van der Waals surface area contributed by atoms with Crippen LogP contribution in [-0.4, -0.2) is 48.4 Å². The van der Waals surface area contributed by atoms with Gasteiger partial charge in [0.15, 0.2) is 28.8 Å². The molecule has 2 aromatic carbocycles. The van der Waals surface area contributed by atoms with Gasteiger partial charge in [0, 0.05) is 17.7 Å². The average Bonchev–Trinajstić information content (AvgIpc) is 2.75. The zero-order valence-corrected chi connectivity index (χ0v) is 16.8. The minimum atomic E-state index is -0.294. The predicted molar refractivity (Wildman–Crippen MR) is 106 cm³/mol. The lowest BCUT2D eigenvalue weighted by Gasteiger charge is -2.14. The van der Waals surface area contributed by atoms with Crippen LogP contribution in [0.15, 0.2) is 30.3 Å². The van der Waals surface area contributed by atoms with Crippen LogP contribution in [0.3, 0.4) is 0 Å². The van der Waals surface area contributed by atoms with Crippen LogP contribution in [-0.2, 0) is 0 Å². The summed E-state index contributed by atoms with van der Waals surface area (Å²) in [6.07, 6.45) is 3.03. The standard InChI is InChI=1S/C21H24O7/c1-23-14-9-13(20(27-5)18(11-14)25-3)7-8-17(22)16-10-15(24-2)12-19(26-4)21(16)28-6/h7-12H,1-6H3/b8-7+. The van der Waals surface area contributed by atoms with Crippen molar-refractivity contribution in [2.24, 2.45) is 0 Å². The zero-order chi connectivity index (χ0) is 20.7. The first kappa shape index (κ1) is 21.0. The molecular weight excluding hydrogens is 364 g/mol. The largest absolute Gasteiger partial charge is 0.497 e. The number of allylic oxidation sites excluding steroid dienone is 1. The molecule has 7 heteroatoms. The molecule has 0 saturated carbocycles. The van der Waals surface area contributed by atoms with E-state index >= 15 is 0 Å². The Kier molecular flexibility index (Phi) is 7.14. The van der Waals surface area contributed by atoms with Crippen LogP contribution >= 0.6 is 0 Å². The summed E-state index contributed by atoms with van der Waals surface area (Å²) in [7, 11) is 9.09. The first-order chi connectivity index (χ1) is 13.5. The Hall–Kier alpha value is -3.35. The van der Waals surface area contributed by atoms with Crippen molar-refractivity contribution in [2.75, 3.05) is 42.7 Å². The number of carbonyl (C=O) groups excluding carboxylic acids is 1. The second-order valence-corrected chi connectivity index (χ2v) is 5.56. The van der Waals surface area contributed by atoms with Gasteiger partial charge in [-0.25, -0.2) is 0 Å². The third-order valence-electron chi connectivity index (χ3n) is 4.08. The summed E-state index contributed by atoms with van der Waals surface area (Å²) >= 11 is 0. The summed E-state index contributed by atoms with van der Waals surface area (Å²) in [5, 5.41) is 0. The van der Waals surface area contributed by atoms with Crippen LogP contribution < -0.4 is 28.4 Å². The van der Waals surface area contributed by atoms with Crippen molar-refractivity contribution < 1.29 is 33.2 Å². The monoisotopic (exact) mass is 388 g/mol. The topological polar surface area (TPSA) is 72.5 Å². The van der Waals surface area contributed by atoms with Gasteiger partial charge in [-0.05, 0) is 24.3 Å². The number of methoxy groups -OCH3 is 6. The van der Waals surface area contributed by atoms with E-state index < -0.39 is 0 Å². The Morgan fingerprint density at radius 1 is 0.679 bits per heavy atom. The lowest BCUT2D eigenvalue weighted by Crippen LogP contribution is -2.02. The number of benzene rings is 2. The Morgan fingerprint density at radius 2 is 1.21 bits per heavy atom. The minimum Gasteiger partial charge on any atom is -0.497 e. The summed E-state index contributed by atoms with van der Waals surface area (Å²) in [5.41, 5.74) is 0.935. The van der Waals surface area contributed by atoms with Crippen molar-refractivity contribution >= 4 is 11.9 Å². The molecule has 0 atom stereocenters. The Bertz CT molecular complexity index is 872. The van der Waals surface area contributed by atoms with Crippen LogP contribution in [0, 0.1) is 0 Å². The molecule has 0 aliphatic carbocycles. The number of ether oxygens (including phenoxy) is 6. The van der Waals surface area contributed by atoms with E-state index in [1.54, 1.807) is 37.5 Å². The van der Waals surface area contributed by atoms with E-state index in [2.05, 4.69) is 0 Å². The number of hydrogen-bond acceptors (Lipinski definition) is 7. The highest BCUT2D eigenvalue weighted by Crippen LogP contribution is 2.38. The van der Waals surface area contributed by atoms with Gasteiger partial charge < -0.3 is 28.4 Å². The maximum absolute atomic E-state index is 12.9. The molecule has 2 rings (SSSR count). The van der Waals surface area contributed by atoms with E-state index in [1.165, 1.54) is 41.6 Å². The molecule has 0 N–H and O–H groups in total. The lowest BCUT2D eigenvalue weighted by molar-refractivity contribution is 0.104. The Morgan fingerprint density at radius 3 is 1.71 bits per heavy atom. The van der Waals surface area contributed by atoms with Gasteiger partial charge in [-0.1, -0.05) is 0 Å². The molecule has 0 bridgehead atoms. The molecule has 0 spiro atoms. The Labute approximate surface area is 164 Å². The van der Waals surface area contributed by atoms with E-state index in [0.717, 1.165) is 0 Å². The molecular formula is C21H24O7. The third kappa shape index (κ3) is 4.31. The van der Waals surface area contributed by atoms with Gasteiger partial charge in [0.05, 0.1) is 48.2 Å². The van der Waals surface area contributed by atoms with Gasteiger partial charge in [-0.2, -0.15) is 0 Å². The van der Waals surface area contributed by atoms with Gasteiger partial charge in [0.1, 0.15) is 11.5 Å². The summed E-state index contributed by atoms with van der Waals surface area (Å²) < 4.78 is 31.9. The van der Waals surface area contributed by atoms with Crippen molar-refractivity contribution in [3.8, 4) is 34.5 Å². The first-order valence-electron chi connectivity index (χ1n) is 8.35. The summed E-state index contributed by atoms with van der Waals surface area (Å²) in [6.45, 7) is 0. The lowest BCUT2D eigenvalue weighted by atomic mass is 10.1. The van der Waals surface area contributed by atoms with Gasteiger partial charge in [-0.3, -0.25) is 4.79 Å². The van der Waals surface area contributed by atoms with Crippen molar-refractivity contribution in [3.05, 3.63) is 41.5 Å². The quantitative estimate of drug-likeness (QED) is 0.480. The van der Waals surface area contributed by atoms with Crippen LogP contribution in [0.2, 0.25) is 0 Å². The van der Waals surface area contributed by atoms with Crippen molar-refractivity contribution in [1.82, 2.24) is 0 Å². The molecule has 2 aromatic rings. The fourth-order valence-electron chi connectivity index (χ4n) is 2.70. The highest BCUT2D eigenvalue weighted by molar-refractivity contribution is 6.09. The number of hydrogen-bond donors (Lipinski definition) is 0. The van der Waals surface area contributed by atoms with E-state index in [9.17, 15) is 4.79 Å². The van der Waals surface area contributed by atoms with Crippen molar-refractivity contribution in [2.45, 2.75) is 0 Å². The van der Waals surface area contributed by atoms with Crippen molar-refractivity contribution in [1.29, 1.82) is 0 Å². The summed E-state index contributed by atoms with van der Waals surface area (Å²) in [4.78, 5) is 12.9. The molecule has 0 aliphatic heterocycles. The third-order valence-corrected chi connectivity index (χ3v) is 4.08. The van der Waals surface area contributed by atoms with E-state index in [0.29, 0.717) is 45.6 Å². The highest BCUT2D eigenvalue weighted by Gasteiger charge is 2.18. The van der Waals surface area contributed by atoms with Gasteiger partial charge in [0.25, 0.3) is 0 Å². The fourth-order valence-corrected chi connectivity index (χ4v) is 2.70. The second kappa shape index (κ2) is 9.55. The molecule has 28 heavy (non-hydrogen) atoms. The highest BCUT2D eigenvalue weighted by atomic mass is 16.5. The molecule has 0 fully saturated rings. The molecule has 0 unspecified atom stereocenters. The molecule has 0 aromatic heterocycles. The molecule has 0 amide bonds. The minimum absolute atomic E-state index is 0.294. The first-order valence-corrected chi connectivity index (χ1v) is 8.35. The average molecular weight is 388 g/mol. The predicted octanol–water partition coefficient (Wildman–Crippen LogP) is 3.63.